The van der Waals surface area contributed by atoms with Crippen LogP contribution in [0.2, 0.25) is 0 Å². The lowest BCUT2D eigenvalue weighted by Crippen LogP contribution is -2.48. The first-order chi connectivity index (χ1) is 10.4. The van der Waals surface area contributed by atoms with Crippen LogP contribution in [-0.4, -0.2) is 52.1 Å². The Hall–Kier alpha value is -1.15. The molecule has 0 radical (unpaired) electrons. The zero-order valence-corrected chi connectivity index (χ0v) is 14.0. The molecule has 0 aromatic heterocycles. The van der Waals surface area contributed by atoms with Gasteiger partial charge in [0, 0.05) is 32.2 Å². The molecule has 0 amide bonds. The highest BCUT2D eigenvalue weighted by Gasteiger charge is 2.19. The first kappa shape index (κ1) is 17.2. The van der Waals surface area contributed by atoms with Crippen LogP contribution < -0.4 is 15.2 Å². The van der Waals surface area contributed by atoms with Gasteiger partial charge >= 0.3 is 0 Å². The summed E-state index contributed by atoms with van der Waals surface area (Å²) >= 11 is 0. The maximum Gasteiger partial charge on any atom is 0.241 e. The van der Waals surface area contributed by atoms with Crippen molar-refractivity contribution in [2.24, 2.45) is 5.14 Å². The van der Waals surface area contributed by atoms with E-state index >= 15 is 0 Å². The normalized spacial score (nSPS) is 18.1. The van der Waals surface area contributed by atoms with Crippen molar-refractivity contribution in [2.45, 2.75) is 31.2 Å². The van der Waals surface area contributed by atoms with Gasteiger partial charge in [-0.1, -0.05) is 6.07 Å². The van der Waals surface area contributed by atoms with Gasteiger partial charge in [-0.15, -0.1) is 0 Å². The van der Waals surface area contributed by atoms with Crippen LogP contribution in [0.4, 0.5) is 0 Å². The molecule has 6 nitrogen and oxygen atoms in total. The number of ether oxygens (including phenoxy) is 1. The molecular formula is C15H25N3O3S. The highest BCUT2D eigenvalue weighted by atomic mass is 32.2. The summed E-state index contributed by atoms with van der Waals surface area (Å²) in [4.78, 5) is 2.48. The molecule has 0 spiro atoms. The quantitative estimate of drug-likeness (QED) is 0.798. The fraction of sp³-hybridized carbons (Fsp3) is 0.600. The maximum absolute atomic E-state index is 11.7. The van der Waals surface area contributed by atoms with E-state index in [4.69, 9.17) is 9.88 Å². The zero-order chi connectivity index (χ0) is 16.2. The molecule has 1 unspecified atom stereocenters. The number of benzene rings is 1. The Labute approximate surface area is 132 Å². The summed E-state index contributed by atoms with van der Waals surface area (Å²) in [5.74, 6) is 0.323. The van der Waals surface area contributed by atoms with Crippen LogP contribution in [0.1, 0.15) is 19.4 Å². The lowest BCUT2D eigenvalue weighted by molar-refractivity contribution is 0.183. The fourth-order valence-electron chi connectivity index (χ4n) is 2.77. The maximum atomic E-state index is 11.7. The molecule has 3 N–H and O–H groups in total. The second-order valence-electron chi connectivity index (χ2n) is 5.60. The molecule has 22 heavy (non-hydrogen) atoms. The van der Waals surface area contributed by atoms with Gasteiger partial charge in [-0.2, -0.15) is 0 Å². The molecule has 124 valence electrons. The lowest BCUT2D eigenvalue weighted by atomic mass is 10.1. The van der Waals surface area contributed by atoms with Crippen LogP contribution in [0.15, 0.2) is 23.1 Å². The molecule has 1 saturated heterocycles. The molecule has 1 aromatic rings. The molecular weight excluding hydrogens is 302 g/mol. The van der Waals surface area contributed by atoms with Gasteiger partial charge in [-0.05, 0) is 38.0 Å². The average molecular weight is 327 g/mol. The summed E-state index contributed by atoms with van der Waals surface area (Å²) in [5, 5.41) is 8.63. The summed E-state index contributed by atoms with van der Waals surface area (Å²) in [6.45, 7) is 8.40. The molecule has 7 heteroatoms. The number of hydrogen-bond acceptors (Lipinski definition) is 5. The monoisotopic (exact) mass is 327 g/mol. The average Bonchev–Trinajstić information content (AvgIpc) is 2.49. The number of primary sulfonamides is 1. The third-order valence-corrected chi connectivity index (χ3v) is 4.85. The smallest absolute Gasteiger partial charge is 0.241 e. The van der Waals surface area contributed by atoms with Gasteiger partial charge in [0.2, 0.25) is 10.0 Å². The van der Waals surface area contributed by atoms with Crippen molar-refractivity contribution in [1.82, 2.24) is 10.2 Å². The van der Waals surface area contributed by atoms with Gasteiger partial charge in [0.15, 0.2) is 0 Å². The van der Waals surface area contributed by atoms with Gasteiger partial charge in [0.1, 0.15) is 10.6 Å². The van der Waals surface area contributed by atoms with E-state index in [1.54, 1.807) is 12.1 Å². The summed E-state index contributed by atoms with van der Waals surface area (Å²) < 4.78 is 28.9. The molecule has 1 aliphatic rings. The Morgan fingerprint density at radius 2 is 2.05 bits per heavy atom. The van der Waals surface area contributed by atoms with E-state index in [-0.39, 0.29) is 4.90 Å². The predicted molar refractivity (Wildman–Crippen MR) is 86.6 cm³/mol. The van der Waals surface area contributed by atoms with E-state index in [1.165, 1.54) is 0 Å². The van der Waals surface area contributed by atoms with E-state index < -0.39 is 10.0 Å². The van der Waals surface area contributed by atoms with Crippen LogP contribution in [-0.2, 0) is 16.4 Å². The van der Waals surface area contributed by atoms with Crippen LogP contribution >= 0.6 is 0 Å². The molecule has 0 bridgehead atoms. The van der Waals surface area contributed by atoms with Gasteiger partial charge in [0.05, 0.1) is 6.61 Å². The van der Waals surface area contributed by atoms with E-state index in [0.29, 0.717) is 18.4 Å². The SMILES string of the molecule is CCOc1ccc(CC(C)N2CCNCC2)cc1S(N)(=O)=O. The highest BCUT2D eigenvalue weighted by Crippen LogP contribution is 2.25. The van der Waals surface area contributed by atoms with Gasteiger partial charge in [-0.3, -0.25) is 4.90 Å². The highest BCUT2D eigenvalue weighted by molar-refractivity contribution is 7.89. The van der Waals surface area contributed by atoms with Crippen molar-refractivity contribution in [3.63, 3.8) is 0 Å². The van der Waals surface area contributed by atoms with Crippen LogP contribution in [0.5, 0.6) is 5.75 Å². The molecule has 1 atom stereocenters. The zero-order valence-electron chi connectivity index (χ0n) is 13.2. The van der Waals surface area contributed by atoms with Crippen molar-refractivity contribution in [2.75, 3.05) is 32.8 Å². The molecule has 1 aromatic carbocycles. The second-order valence-corrected chi connectivity index (χ2v) is 7.13. The fourth-order valence-corrected chi connectivity index (χ4v) is 3.49. The summed E-state index contributed by atoms with van der Waals surface area (Å²) in [5.41, 5.74) is 0.957. The van der Waals surface area contributed by atoms with Gasteiger partial charge in [-0.25, -0.2) is 13.6 Å². The topological polar surface area (TPSA) is 84.7 Å². The van der Waals surface area contributed by atoms with Crippen LogP contribution in [0, 0.1) is 0 Å². The Kier molecular flexibility index (Phi) is 5.80. The number of hydrogen-bond donors (Lipinski definition) is 2. The molecule has 1 fully saturated rings. The van der Waals surface area contributed by atoms with Gasteiger partial charge in [0.25, 0.3) is 0 Å². The van der Waals surface area contributed by atoms with Crippen LogP contribution in [0.3, 0.4) is 0 Å². The van der Waals surface area contributed by atoms with Crippen LogP contribution in [0.25, 0.3) is 0 Å². The predicted octanol–water partition coefficient (Wildman–Crippen LogP) is 0.569. The third kappa shape index (κ3) is 4.42. The number of nitrogens with one attached hydrogen (secondary N) is 1. The Balaban J connectivity index is 2.17. The van der Waals surface area contributed by atoms with E-state index in [9.17, 15) is 8.42 Å². The Morgan fingerprint density at radius 3 is 2.64 bits per heavy atom. The molecule has 0 aliphatic carbocycles. The minimum absolute atomic E-state index is 0.0689. The second kappa shape index (κ2) is 7.41. The molecule has 2 rings (SSSR count). The first-order valence-corrected chi connectivity index (χ1v) is 9.19. The number of rotatable bonds is 6. The molecule has 0 saturated carbocycles. The van der Waals surface area contributed by atoms with E-state index in [1.807, 2.05) is 13.0 Å². The minimum Gasteiger partial charge on any atom is -0.492 e. The summed E-state index contributed by atoms with van der Waals surface area (Å²) in [7, 11) is -3.79. The van der Waals surface area contributed by atoms with Crippen molar-refractivity contribution in [3.8, 4) is 5.75 Å². The van der Waals surface area contributed by atoms with Crippen molar-refractivity contribution >= 4 is 10.0 Å². The van der Waals surface area contributed by atoms with Crippen molar-refractivity contribution < 1.29 is 13.2 Å². The third-order valence-electron chi connectivity index (χ3n) is 3.92. The number of nitrogens with two attached hydrogens (primary N) is 1. The summed E-state index contributed by atoms with van der Waals surface area (Å²) in [6.07, 6.45) is 0.787. The number of nitrogens with zero attached hydrogens (tertiary/aromatic N) is 1. The molecule has 1 aliphatic heterocycles. The largest absolute Gasteiger partial charge is 0.492 e. The Bertz CT molecular complexity index is 598. The molecule has 1 heterocycles. The lowest BCUT2D eigenvalue weighted by Gasteiger charge is -2.33. The van der Waals surface area contributed by atoms with Crippen molar-refractivity contribution in [3.05, 3.63) is 23.8 Å². The number of sulfonamides is 1. The number of piperazine rings is 1. The van der Waals surface area contributed by atoms with Crippen molar-refractivity contribution in [1.29, 1.82) is 0 Å². The summed E-state index contributed by atoms with van der Waals surface area (Å²) in [6, 6.07) is 5.61. The Morgan fingerprint density at radius 1 is 1.36 bits per heavy atom. The van der Waals surface area contributed by atoms with Gasteiger partial charge < -0.3 is 10.1 Å². The minimum atomic E-state index is -3.79. The standard InChI is InChI=1S/C15H25N3O3S/c1-3-21-14-5-4-13(11-15(14)22(16,19)20)10-12(2)18-8-6-17-7-9-18/h4-5,11-12,17H,3,6-10H2,1-2H3,(H2,16,19,20). The van der Waals surface area contributed by atoms with E-state index in [2.05, 4.69) is 17.1 Å². The van der Waals surface area contributed by atoms with E-state index in [0.717, 1.165) is 38.2 Å². The first-order valence-electron chi connectivity index (χ1n) is 7.65.